The number of hydrogen-bond donors (Lipinski definition) is 1. The standard InChI is InChI=1S/C19H22BrNO4/c1-5-13-10-15(20)18(9-12(13)2)25-11-14-16(21-19(22)24-4)7-6-8-17(14)23-3/h6-10H,5,11H2,1-4H3,(H,21,22). The molecule has 0 radical (unpaired) electrons. The first-order valence-corrected chi connectivity index (χ1v) is 8.72. The highest BCUT2D eigenvalue weighted by molar-refractivity contribution is 9.10. The fraction of sp³-hybridized carbons (Fsp3) is 0.316. The van der Waals surface area contributed by atoms with E-state index in [0.717, 1.165) is 22.2 Å². The number of carbonyl (C=O) groups is 1. The maximum Gasteiger partial charge on any atom is 0.411 e. The van der Waals surface area contributed by atoms with E-state index in [2.05, 4.69) is 45.9 Å². The molecule has 2 aromatic carbocycles. The lowest BCUT2D eigenvalue weighted by atomic mass is 10.1. The maximum atomic E-state index is 11.6. The quantitative estimate of drug-likeness (QED) is 0.724. The van der Waals surface area contributed by atoms with Crippen molar-refractivity contribution in [2.75, 3.05) is 19.5 Å². The summed E-state index contributed by atoms with van der Waals surface area (Å²) in [5.74, 6) is 1.37. The number of methoxy groups -OCH3 is 2. The highest BCUT2D eigenvalue weighted by Gasteiger charge is 2.14. The Morgan fingerprint density at radius 1 is 1.20 bits per heavy atom. The van der Waals surface area contributed by atoms with Crippen molar-refractivity contribution in [3.8, 4) is 11.5 Å². The molecule has 0 bridgehead atoms. The van der Waals surface area contributed by atoms with Crippen molar-refractivity contribution in [1.82, 2.24) is 0 Å². The minimum Gasteiger partial charge on any atom is -0.496 e. The van der Waals surface area contributed by atoms with Gasteiger partial charge in [-0.1, -0.05) is 13.0 Å². The molecule has 2 aromatic rings. The van der Waals surface area contributed by atoms with Crippen molar-refractivity contribution >= 4 is 27.7 Å². The molecule has 0 saturated carbocycles. The lowest BCUT2D eigenvalue weighted by Gasteiger charge is -2.16. The van der Waals surface area contributed by atoms with Crippen LogP contribution in [-0.2, 0) is 17.8 Å². The number of benzene rings is 2. The summed E-state index contributed by atoms with van der Waals surface area (Å²) in [6.07, 6.45) is 0.420. The normalized spacial score (nSPS) is 10.3. The van der Waals surface area contributed by atoms with E-state index in [4.69, 9.17) is 9.47 Å². The third-order valence-corrected chi connectivity index (χ3v) is 4.54. The summed E-state index contributed by atoms with van der Waals surface area (Å²) in [5, 5.41) is 2.68. The van der Waals surface area contributed by atoms with Crippen molar-refractivity contribution in [3.05, 3.63) is 51.5 Å². The van der Waals surface area contributed by atoms with Gasteiger partial charge >= 0.3 is 6.09 Å². The predicted octanol–water partition coefficient (Wildman–Crippen LogP) is 5.09. The molecule has 0 aliphatic rings. The van der Waals surface area contributed by atoms with Crippen LogP contribution in [0.5, 0.6) is 11.5 Å². The first-order valence-electron chi connectivity index (χ1n) is 7.92. The lowest BCUT2D eigenvalue weighted by molar-refractivity contribution is 0.187. The Hall–Kier alpha value is -2.21. The van der Waals surface area contributed by atoms with Crippen LogP contribution in [0.1, 0.15) is 23.6 Å². The smallest absolute Gasteiger partial charge is 0.411 e. The Balaban J connectivity index is 2.28. The fourth-order valence-electron chi connectivity index (χ4n) is 2.52. The minimum absolute atomic E-state index is 0.243. The van der Waals surface area contributed by atoms with Gasteiger partial charge in [-0.3, -0.25) is 5.32 Å². The minimum atomic E-state index is -0.543. The predicted molar refractivity (Wildman–Crippen MR) is 102 cm³/mol. The first-order chi connectivity index (χ1) is 12.0. The van der Waals surface area contributed by atoms with Gasteiger partial charge < -0.3 is 14.2 Å². The molecule has 0 aliphatic heterocycles. The number of nitrogens with one attached hydrogen (secondary N) is 1. The second kappa shape index (κ2) is 8.76. The molecule has 0 unspecified atom stereocenters. The molecule has 5 nitrogen and oxygen atoms in total. The zero-order chi connectivity index (χ0) is 18.4. The third kappa shape index (κ3) is 4.66. The molecule has 134 valence electrons. The van der Waals surface area contributed by atoms with E-state index in [-0.39, 0.29) is 6.61 Å². The summed E-state index contributed by atoms with van der Waals surface area (Å²) in [4.78, 5) is 11.6. The largest absolute Gasteiger partial charge is 0.496 e. The number of aryl methyl sites for hydroxylation is 2. The molecular weight excluding hydrogens is 386 g/mol. The molecule has 0 aromatic heterocycles. The Bertz CT molecular complexity index is 761. The Morgan fingerprint density at radius 2 is 1.96 bits per heavy atom. The molecule has 6 heteroatoms. The molecule has 0 saturated heterocycles. The molecule has 0 spiro atoms. The highest BCUT2D eigenvalue weighted by Crippen LogP contribution is 2.32. The maximum absolute atomic E-state index is 11.6. The molecule has 1 N–H and O–H groups in total. The van der Waals surface area contributed by atoms with Gasteiger partial charge in [0.2, 0.25) is 0 Å². The zero-order valence-corrected chi connectivity index (χ0v) is 16.4. The SMILES string of the molecule is CCc1cc(Br)c(OCc2c(NC(=O)OC)cccc2OC)cc1C. The number of ether oxygens (including phenoxy) is 3. The average Bonchev–Trinajstić information content (AvgIpc) is 2.62. The van der Waals surface area contributed by atoms with E-state index in [9.17, 15) is 4.79 Å². The van der Waals surface area contributed by atoms with Crippen molar-refractivity contribution in [2.24, 2.45) is 0 Å². The molecule has 0 heterocycles. The van der Waals surface area contributed by atoms with E-state index in [1.807, 2.05) is 12.1 Å². The van der Waals surface area contributed by atoms with Crippen LogP contribution in [0.3, 0.4) is 0 Å². The fourth-order valence-corrected chi connectivity index (χ4v) is 3.03. The molecule has 2 rings (SSSR count). The molecule has 1 amide bonds. The van der Waals surface area contributed by atoms with Crippen molar-refractivity contribution in [3.63, 3.8) is 0 Å². The summed E-state index contributed by atoms with van der Waals surface area (Å²) in [6.45, 7) is 4.42. The third-order valence-electron chi connectivity index (χ3n) is 3.92. The van der Waals surface area contributed by atoms with Crippen LogP contribution in [0.15, 0.2) is 34.8 Å². The van der Waals surface area contributed by atoms with Gasteiger partial charge in [-0.15, -0.1) is 0 Å². The van der Waals surface area contributed by atoms with Gasteiger partial charge in [-0.05, 0) is 64.7 Å². The Kier molecular flexibility index (Phi) is 6.70. The van der Waals surface area contributed by atoms with E-state index in [0.29, 0.717) is 11.4 Å². The van der Waals surface area contributed by atoms with E-state index in [1.165, 1.54) is 18.2 Å². The summed E-state index contributed by atoms with van der Waals surface area (Å²) in [7, 11) is 2.90. The molecule has 0 aliphatic carbocycles. The number of carbonyl (C=O) groups excluding carboxylic acids is 1. The number of halogens is 1. The molecule has 0 fully saturated rings. The van der Waals surface area contributed by atoms with Gasteiger partial charge in [-0.25, -0.2) is 4.79 Å². The lowest BCUT2D eigenvalue weighted by Crippen LogP contribution is -2.14. The molecule has 0 atom stereocenters. The molecule has 25 heavy (non-hydrogen) atoms. The highest BCUT2D eigenvalue weighted by atomic mass is 79.9. The average molecular weight is 408 g/mol. The number of anilines is 1. The van der Waals surface area contributed by atoms with Crippen molar-refractivity contribution in [1.29, 1.82) is 0 Å². The van der Waals surface area contributed by atoms with E-state index in [1.54, 1.807) is 19.2 Å². The van der Waals surface area contributed by atoms with Gasteiger partial charge in [-0.2, -0.15) is 0 Å². The summed E-state index contributed by atoms with van der Waals surface area (Å²) in [6, 6.07) is 9.47. The monoisotopic (exact) mass is 407 g/mol. The summed E-state index contributed by atoms with van der Waals surface area (Å²) in [5.41, 5.74) is 3.77. The topological polar surface area (TPSA) is 56.8 Å². The van der Waals surface area contributed by atoms with Gasteiger partial charge in [0.25, 0.3) is 0 Å². The van der Waals surface area contributed by atoms with E-state index >= 15 is 0 Å². The van der Waals surface area contributed by atoms with Crippen LogP contribution >= 0.6 is 15.9 Å². The number of amides is 1. The zero-order valence-electron chi connectivity index (χ0n) is 14.8. The summed E-state index contributed by atoms with van der Waals surface area (Å²) >= 11 is 3.56. The van der Waals surface area contributed by atoms with Crippen molar-refractivity contribution in [2.45, 2.75) is 26.9 Å². The van der Waals surface area contributed by atoms with Gasteiger partial charge in [0.05, 0.1) is 29.9 Å². The van der Waals surface area contributed by atoms with Crippen molar-refractivity contribution < 1.29 is 19.0 Å². The number of hydrogen-bond acceptors (Lipinski definition) is 4. The first kappa shape index (κ1) is 19.1. The van der Waals surface area contributed by atoms with Crippen LogP contribution < -0.4 is 14.8 Å². The van der Waals surface area contributed by atoms with E-state index < -0.39 is 6.09 Å². The summed E-state index contributed by atoms with van der Waals surface area (Å²) < 4.78 is 16.9. The van der Waals surface area contributed by atoms with Crippen LogP contribution in [0, 0.1) is 6.92 Å². The Morgan fingerprint density at radius 3 is 2.60 bits per heavy atom. The van der Waals surface area contributed by atoms with Crippen LogP contribution in [0.25, 0.3) is 0 Å². The van der Waals surface area contributed by atoms with Crippen LogP contribution in [-0.4, -0.2) is 20.3 Å². The number of rotatable bonds is 6. The second-order valence-electron chi connectivity index (χ2n) is 5.45. The Labute approximate surface area is 156 Å². The van der Waals surface area contributed by atoms with Crippen LogP contribution in [0.4, 0.5) is 10.5 Å². The van der Waals surface area contributed by atoms with Crippen LogP contribution in [0.2, 0.25) is 0 Å². The second-order valence-corrected chi connectivity index (χ2v) is 6.31. The van der Waals surface area contributed by atoms with Gasteiger partial charge in [0.15, 0.2) is 0 Å². The van der Waals surface area contributed by atoms with Gasteiger partial charge in [0, 0.05) is 0 Å². The molecular formula is C19H22BrNO4. The van der Waals surface area contributed by atoms with Gasteiger partial charge in [0.1, 0.15) is 18.1 Å².